The molecule has 3 N–H and O–H groups in total. The second kappa shape index (κ2) is 9.10. The summed E-state index contributed by atoms with van der Waals surface area (Å²) in [6, 6.07) is 12.1. The number of nitriles is 2. The van der Waals surface area contributed by atoms with Gasteiger partial charge in [-0.3, -0.25) is 4.79 Å². The molecule has 30 heavy (non-hydrogen) atoms. The minimum absolute atomic E-state index is 0.0358. The highest BCUT2D eigenvalue weighted by atomic mass is 35.5. The van der Waals surface area contributed by atoms with Crippen LogP contribution >= 0.6 is 35.0 Å². The zero-order valence-corrected chi connectivity index (χ0v) is 17.8. The minimum Gasteiger partial charge on any atom is -0.464 e. The van der Waals surface area contributed by atoms with E-state index in [4.69, 9.17) is 33.4 Å². The van der Waals surface area contributed by atoms with Crippen LogP contribution in [0.1, 0.15) is 18.1 Å². The number of nitrogen functional groups attached to an aromatic ring is 1. The number of pyridine rings is 1. The van der Waals surface area contributed by atoms with Crippen LogP contribution in [0.4, 0.5) is 11.5 Å². The molecule has 0 aliphatic rings. The zero-order chi connectivity index (χ0) is 21.8. The first-order valence-electron chi connectivity index (χ1n) is 8.46. The molecule has 3 rings (SSSR count). The van der Waals surface area contributed by atoms with E-state index in [0.717, 1.165) is 11.8 Å². The van der Waals surface area contributed by atoms with Crippen LogP contribution in [-0.2, 0) is 4.79 Å². The van der Waals surface area contributed by atoms with E-state index in [2.05, 4.69) is 10.3 Å². The molecular formula is C20H13Cl2N5O2S. The third-order valence-electron chi connectivity index (χ3n) is 4.05. The van der Waals surface area contributed by atoms with Gasteiger partial charge in [0.25, 0.3) is 0 Å². The average molecular weight is 458 g/mol. The van der Waals surface area contributed by atoms with Crippen molar-refractivity contribution in [3.05, 3.63) is 57.8 Å². The second-order valence-electron chi connectivity index (χ2n) is 5.98. The Morgan fingerprint density at radius 3 is 2.60 bits per heavy atom. The van der Waals surface area contributed by atoms with Crippen molar-refractivity contribution in [3.63, 3.8) is 0 Å². The third kappa shape index (κ3) is 4.22. The van der Waals surface area contributed by atoms with Crippen LogP contribution in [0.5, 0.6) is 0 Å². The number of halogens is 2. The van der Waals surface area contributed by atoms with E-state index in [1.165, 1.54) is 6.26 Å². The van der Waals surface area contributed by atoms with Gasteiger partial charge in [0.05, 0.1) is 38.4 Å². The van der Waals surface area contributed by atoms with Gasteiger partial charge in [-0.05, 0) is 31.2 Å². The van der Waals surface area contributed by atoms with E-state index in [0.29, 0.717) is 16.5 Å². The van der Waals surface area contributed by atoms with Crippen molar-refractivity contribution < 1.29 is 9.21 Å². The lowest BCUT2D eigenvalue weighted by Crippen LogP contribution is -2.23. The summed E-state index contributed by atoms with van der Waals surface area (Å²) in [6.45, 7) is 1.64. The zero-order valence-electron chi connectivity index (χ0n) is 15.4. The molecule has 0 aliphatic heterocycles. The number of aromatic nitrogens is 1. The number of hydrogen-bond donors (Lipinski definition) is 2. The van der Waals surface area contributed by atoms with Crippen molar-refractivity contribution in [2.24, 2.45) is 0 Å². The number of nitrogens with zero attached hydrogens (tertiary/aromatic N) is 3. The molecule has 0 radical (unpaired) electrons. The maximum atomic E-state index is 12.7. The van der Waals surface area contributed by atoms with Crippen molar-refractivity contribution >= 4 is 52.4 Å². The first-order valence-corrected chi connectivity index (χ1v) is 10.1. The van der Waals surface area contributed by atoms with Gasteiger partial charge in [-0.25, -0.2) is 4.98 Å². The molecule has 0 saturated carbocycles. The summed E-state index contributed by atoms with van der Waals surface area (Å²) in [5, 5.41) is 22.0. The Kier molecular flexibility index (Phi) is 6.53. The molecule has 1 unspecified atom stereocenters. The topological polar surface area (TPSA) is 129 Å². The van der Waals surface area contributed by atoms with Crippen LogP contribution in [0.15, 0.2) is 46.0 Å². The van der Waals surface area contributed by atoms with Gasteiger partial charge in [0.15, 0.2) is 0 Å². The predicted molar refractivity (Wildman–Crippen MR) is 116 cm³/mol. The number of rotatable bonds is 5. The standard InChI is InChI=1S/C20H13Cl2N5O2S/c1-10(19(28)26-14-5-2-4-13(21)17(14)22)30-20-12(9-24)16(15-6-3-7-29-15)11(8-23)18(25)27-20/h2-7,10H,1H3,(H2,25,27)(H,26,28). The summed E-state index contributed by atoms with van der Waals surface area (Å²) in [6.07, 6.45) is 1.42. The summed E-state index contributed by atoms with van der Waals surface area (Å²) < 4.78 is 5.37. The van der Waals surface area contributed by atoms with Gasteiger partial charge < -0.3 is 15.5 Å². The van der Waals surface area contributed by atoms with Gasteiger partial charge in [-0.15, -0.1) is 0 Å². The number of carbonyl (C=O) groups excluding carboxylic acids is 1. The lowest BCUT2D eigenvalue weighted by Gasteiger charge is -2.15. The van der Waals surface area contributed by atoms with E-state index >= 15 is 0 Å². The number of amides is 1. The summed E-state index contributed by atoms with van der Waals surface area (Å²) in [4.78, 5) is 16.8. The fourth-order valence-electron chi connectivity index (χ4n) is 2.61. The van der Waals surface area contributed by atoms with Gasteiger partial charge in [-0.1, -0.05) is 41.0 Å². The van der Waals surface area contributed by atoms with Crippen LogP contribution in [-0.4, -0.2) is 16.1 Å². The van der Waals surface area contributed by atoms with Gasteiger partial charge in [0, 0.05) is 0 Å². The van der Waals surface area contributed by atoms with Gasteiger partial charge >= 0.3 is 0 Å². The maximum absolute atomic E-state index is 12.7. The molecule has 2 aromatic heterocycles. The Hall–Kier alpha value is -3.17. The smallest absolute Gasteiger partial charge is 0.237 e. The molecule has 1 atom stereocenters. The van der Waals surface area contributed by atoms with E-state index in [1.807, 2.05) is 12.1 Å². The lowest BCUT2D eigenvalue weighted by atomic mass is 10.0. The normalized spacial score (nSPS) is 11.4. The number of furan rings is 1. The van der Waals surface area contributed by atoms with Gasteiger partial charge in [0.1, 0.15) is 34.3 Å². The Balaban J connectivity index is 1.95. The van der Waals surface area contributed by atoms with E-state index in [1.54, 1.807) is 37.3 Å². The first kappa shape index (κ1) is 21.5. The molecule has 1 aromatic carbocycles. The highest BCUT2D eigenvalue weighted by Gasteiger charge is 2.25. The largest absolute Gasteiger partial charge is 0.464 e. The maximum Gasteiger partial charge on any atom is 0.237 e. The molecule has 3 aromatic rings. The molecule has 0 aliphatic carbocycles. The summed E-state index contributed by atoms with van der Waals surface area (Å²) >= 11 is 13.1. The minimum atomic E-state index is -0.670. The van der Waals surface area contributed by atoms with Crippen molar-refractivity contribution in [2.75, 3.05) is 11.1 Å². The molecule has 0 bridgehead atoms. The fourth-order valence-corrected chi connectivity index (χ4v) is 3.87. The first-order chi connectivity index (χ1) is 14.4. The van der Waals surface area contributed by atoms with Gasteiger partial charge in [0.2, 0.25) is 5.91 Å². The van der Waals surface area contributed by atoms with Crippen LogP contribution in [0.2, 0.25) is 10.0 Å². The molecule has 7 nitrogen and oxygen atoms in total. The molecule has 1 amide bonds. The Bertz CT molecular complexity index is 1200. The van der Waals surface area contributed by atoms with Crippen LogP contribution in [0, 0.1) is 22.7 Å². The SMILES string of the molecule is CC(Sc1nc(N)c(C#N)c(-c2ccco2)c1C#N)C(=O)Nc1cccc(Cl)c1Cl. The summed E-state index contributed by atoms with van der Waals surface area (Å²) in [7, 11) is 0. The highest BCUT2D eigenvalue weighted by molar-refractivity contribution is 8.00. The number of benzene rings is 1. The Morgan fingerprint density at radius 1 is 1.23 bits per heavy atom. The van der Waals surface area contributed by atoms with Crippen molar-refractivity contribution in [2.45, 2.75) is 17.2 Å². The Morgan fingerprint density at radius 2 is 1.97 bits per heavy atom. The molecular weight excluding hydrogens is 445 g/mol. The molecule has 10 heteroatoms. The third-order valence-corrected chi connectivity index (χ3v) is 5.96. The number of nitrogens with one attached hydrogen (secondary N) is 1. The number of nitrogens with two attached hydrogens (primary N) is 1. The molecule has 2 heterocycles. The Labute approximate surface area is 186 Å². The second-order valence-corrected chi connectivity index (χ2v) is 8.09. The van der Waals surface area contributed by atoms with Crippen molar-refractivity contribution in [3.8, 4) is 23.5 Å². The predicted octanol–water partition coefficient (Wildman–Crippen LogP) is 5.09. The molecule has 150 valence electrons. The van der Waals surface area contributed by atoms with Crippen LogP contribution in [0.3, 0.4) is 0 Å². The number of anilines is 2. The molecule has 0 saturated heterocycles. The number of hydrogen-bond acceptors (Lipinski definition) is 7. The molecule has 0 fully saturated rings. The lowest BCUT2D eigenvalue weighted by molar-refractivity contribution is -0.115. The highest BCUT2D eigenvalue weighted by Crippen LogP contribution is 2.37. The monoisotopic (exact) mass is 457 g/mol. The van der Waals surface area contributed by atoms with Crippen LogP contribution < -0.4 is 11.1 Å². The average Bonchev–Trinajstić information content (AvgIpc) is 3.25. The fraction of sp³-hybridized carbons (Fsp3) is 0.100. The van der Waals surface area contributed by atoms with Crippen LogP contribution in [0.25, 0.3) is 11.3 Å². The number of thioether (sulfide) groups is 1. The van der Waals surface area contributed by atoms with Crippen molar-refractivity contribution in [1.82, 2.24) is 4.98 Å². The van der Waals surface area contributed by atoms with E-state index in [-0.39, 0.29) is 38.5 Å². The van der Waals surface area contributed by atoms with Gasteiger partial charge in [-0.2, -0.15) is 10.5 Å². The quantitative estimate of drug-likeness (QED) is 0.510. The molecule has 0 spiro atoms. The van der Waals surface area contributed by atoms with E-state index in [9.17, 15) is 15.3 Å². The summed E-state index contributed by atoms with van der Waals surface area (Å²) in [5.41, 5.74) is 6.69. The van der Waals surface area contributed by atoms with E-state index < -0.39 is 5.25 Å². The number of carbonyl (C=O) groups is 1. The van der Waals surface area contributed by atoms with Crippen molar-refractivity contribution in [1.29, 1.82) is 10.5 Å². The summed E-state index contributed by atoms with van der Waals surface area (Å²) in [5.74, 6) is -0.130.